The maximum atomic E-state index is 10.9. The van der Waals surface area contributed by atoms with Gasteiger partial charge in [0.25, 0.3) is 0 Å². The summed E-state index contributed by atoms with van der Waals surface area (Å²) in [4.78, 5) is 10.9. The first-order chi connectivity index (χ1) is 13.5. The molecule has 4 heteroatoms. The molecule has 2 aliphatic carbocycles. The van der Waals surface area contributed by atoms with Gasteiger partial charge >= 0.3 is 5.97 Å². The summed E-state index contributed by atoms with van der Waals surface area (Å²) >= 11 is 0. The van der Waals surface area contributed by atoms with Gasteiger partial charge in [-0.15, -0.1) is 0 Å². The molecule has 0 amide bonds. The summed E-state index contributed by atoms with van der Waals surface area (Å²) in [5, 5.41) is 19.3. The molecular weight excluding hydrogens is 352 g/mol. The van der Waals surface area contributed by atoms with E-state index >= 15 is 0 Å². The molecule has 156 valence electrons. The van der Waals surface area contributed by atoms with Crippen molar-refractivity contribution in [2.45, 2.75) is 77.7 Å². The van der Waals surface area contributed by atoms with Gasteiger partial charge in [0.15, 0.2) is 6.61 Å². The molecule has 2 unspecified atom stereocenters. The number of unbranched alkanes of at least 4 members (excludes halogenated alkanes) is 2. The minimum atomic E-state index is -0.932. The third-order valence-corrected chi connectivity index (χ3v) is 7.04. The Morgan fingerprint density at radius 1 is 1.25 bits per heavy atom. The van der Waals surface area contributed by atoms with E-state index in [2.05, 4.69) is 19.9 Å². The lowest BCUT2D eigenvalue weighted by molar-refractivity contribution is -0.139. The van der Waals surface area contributed by atoms with E-state index in [1.165, 1.54) is 30.4 Å². The largest absolute Gasteiger partial charge is 0.482 e. The van der Waals surface area contributed by atoms with Crippen molar-refractivity contribution in [3.05, 3.63) is 29.3 Å². The van der Waals surface area contributed by atoms with Crippen molar-refractivity contribution in [3.8, 4) is 5.75 Å². The highest BCUT2D eigenvalue weighted by molar-refractivity contribution is 5.68. The molecule has 3 rings (SSSR count). The molecule has 2 N–H and O–H groups in total. The number of hydrogen-bond acceptors (Lipinski definition) is 3. The van der Waals surface area contributed by atoms with Crippen LogP contribution in [-0.4, -0.2) is 28.9 Å². The number of fused-ring (bicyclic) bond motifs is 2. The summed E-state index contributed by atoms with van der Waals surface area (Å²) in [6.45, 7) is 4.30. The molecule has 2 aliphatic rings. The molecule has 1 fully saturated rings. The van der Waals surface area contributed by atoms with Gasteiger partial charge < -0.3 is 14.9 Å². The Morgan fingerprint density at radius 2 is 2.07 bits per heavy atom. The predicted octanol–water partition coefficient (Wildman–Crippen LogP) is 4.86. The van der Waals surface area contributed by atoms with Gasteiger partial charge in [0, 0.05) is 0 Å². The molecule has 4 nitrogen and oxygen atoms in total. The minimum absolute atomic E-state index is 0.148. The van der Waals surface area contributed by atoms with Crippen LogP contribution in [0.2, 0.25) is 0 Å². The molecule has 0 aromatic heterocycles. The average Bonchev–Trinajstić information content (AvgIpc) is 2.97. The van der Waals surface area contributed by atoms with E-state index in [1.807, 2.05) is 12.1 Å². The van der Waals surface area contributed by atoms with Crippen LogP contribution in [0, 0.1) is 23.7 Å². The number of aliphatic carboxylic acids is 1. The van der Waals surface area contributed by atoms with E-state index in [-0.39, 0.29) is 12.7 Å². The highest BCUT2D eigenvalue weighted by Crippen LogP contribution is 2.50. The van der Waals surface area contributed by atoms with Gasteiger partial charge in [0.05, 0.1) is 6.10 Å². The number of carboxylic acids is 1. The van der Waals surface area contributed by atoms with Crippen LogP contribution in [0.25, 0.3) is 0 Å². The van der Waals surface area contributed by atoms with Crippen LogP contribution >= 0.6 is 0 Å². The topological polar surface area (TPSA) is 66.8 Å². The molecular formula is C24H36O4. The molecule has 0 radical (unpaired) electrons. The Kier molecular flexibility index (Phi) is 7.39. The van der Waals surface area contributed by atoms with E-state index in [1.54, 1.807) is 0 Å². The zero-order valence-electron chi connectivity index (χ0n) is 17.4. The zero-order chi connectivity index (χ0) is 20.1. The normalized spacial score (nSPS) is 27.1. The summed E-state index contributed by atoms with van der Waals surface area (Å²) in [5.74, 6) is 2.52. The van der Waals surface area contributed by atoms with E-state index in [0.717, 1.165) is 44.3 Å². The highest BCUT2D eigenvalue weighted by atomic mass is 16.5. The van der Waals surface area contributed by atoms with Gasteiger partial charge in [0.1, 0.15) is 5.75 Å². The van der Waals surface area contributed by atoms with Crippen molar-refractivity contribution in [1.29, 1.82) is 0 Å². The molecule has 5 atom stereocenters. The van der Waals surface area contributed by atoms with Crippen molar-refractivity contribution >= 4 is 5.97 Å². The lowest BCUT2D eigenvalue weighted by atomic mass is 9.73. The predicted molar refractivity (Wildman–Crippen MR) is 111 cm³/mol. The quantitative estimate of drug-likeness (QED) is 0.562. The van der Waals surface area contributed by atoms with Crippen molar-refractivity contribution in [2.75, 3.05) is 6.61 Å². The van der Waals surface area contributed by atoms with Crippen LogP contribution in [0.5, 0.6) is 5.75 Å². The van der Waals surface area contributed by atoms with Gasteiger partial charge in [-0.3, -0.25) is 0 Å². The lowest BCUT2D eigenvalue weighted by Crippen LogP contribution is -2.27. The van der Waals surface area contributed by atoms with E-state index in [9.17, 15) is 9.90 Å². The molecule has 0 saturated heterocycles. The zero-order valence-corrected chi connectivity index (χ0v) is 17.4. The lowest BCUT2D eigenvalue weighted by Gasteiger charge is -2.33. The molecule has 1 aromatic rings. The highest BCUT2D eigenvalue weighted by Gasteiger charge is 2.43. The fraction of sp³-hybridized carbons (Fsp3) is 0.708. The Labute approximate surface area is 169 Å². The SMILES string of the molecule is CCCCC[C@@H](O)CCC1[C@H]2Cc3cccc(OCC(=O)O)c3CC2C[C@H]1C. The fourth-order valence-corrected chi connectivity index (χ4v) is 5.63. The van der Waals surface area contributed by atoms with Crippen LogP contribution in [0.4, 0.5) is 0 Å². The van der Waals surface area contributed by atoms with Crippen LogP contribution in [0.3, 0.4) is 0 Å². The van der Waals surface area contributed by atoms with Gasteiger partial charge in [0.2, 0.25) is 0 Å². The molecule has 1 aromatic carbocycles. The van der Waals surface area contributed by atoms with Crippen molar-refractivity contribution in [1.82, 2.24) is 0 Å². The monoisotopic (exact) mass is 388 g/mol. The standard InChI is InChI=1S/C24H36O4/c1-3-4-5-8-19(25)10-11-20-16(2)12-18-14-22-17(13-21(18)20)7-6-9-23(22)28-15-24(26)27/h6-7,9,16,18-21,25H,3-5,8,10-15H2,1-2H3,(H,26,27)/t16-,18?,19-,20?,21+/m1/s1. The maximum absolute atomic E-state index is 10.9. The molecule has 0 spiro atoms. The van der Waals surface area contributed by atoms with Gasteiger partial charge in [-0.2, -0.15) is 0 Å². The second kappa shape index (κ2) is 9.78. The first-order valence-electron chi connectivity index (χ1n) is 11.1. The van der Waals surface area contributed by atoms with Crippen LogP contribution in [0.15, 0.2) is 18.2 Å². The average molecular weight is 389 g/mol. The number of aliphatic hydroxyl groups excluding tert-OH is 1. The Balaban J connectivity index is 1.62. The number of carboxylic acid groups (broad SMARTS) is 1. The summed E-state index contributed by atoms with van der Waals surface area (Å²) in [7, 11) is 0. The number of aliphatic hydroxyl groups is 1. The number of ether oxygens (including phenoxy) is 1. The van der Waals surface area contributed by atoms with E-state index in [0.29, 0.717) is 23.7 Å². The molecule has 1 saturated carbocycles. The van der Waals surface area contributed by atoms with Crippen LogP contribution < -0.4 is 4.74 Å². The summed E-state index contributed by atoms with van der Waals surface area (Å²) in [5.41, 5.74) is 2.55. The summed E-state index contributed by atoms with van der Waals surface area (Å²) in [6.07, 6.45) is 9.68. The van der Waals surface area contributed by atoms with Crippen LogP contribution in [-0.2, 0) is 17.6 Å². The summed E-state index contributed by atoms with van der Waals surface area (Å²) < 4.78 is 5.56. The first-order valence-corrected chi connectivity index (χ1v) is 11.1. The smallest absolute Gasteiger partial charge is 0.341 e. The van der Waals surface area contributed by atoms with Gasteiger partial charge in [-0.25, -0.2) is 4.79 Å². The number of rotatable bonds is 10. The maximum Gasteiger partial charge on any atom is 0.341 e. The third-order valence-electron chi connectivity index (χ3n) is 7.04. The Hall–Kier alpha value is -1.55. The van der Waals surface area contributed by atoms with Gasteiger partial charge in [-0.05, 0) is 79.4 Å². The van der Waals surface area contributed by atoms with E-state index < -0.39 is 5.97 Å². The van der Waals surface area contributed by atoms with Gasteiger partial charge in [-0.1, -0.05) is 45.2 Å². The Bertz CT molecular complexity index is 656. The fourth-order valence-electron chi connectivity index (χ4n) is 5.63. The van der Waals surface area contributed by atoms with Crippen molar-refractivity contribution < 1.29 is 19.7 Å². The second-order valence-corrected chi connectivity index (χ2v) is 9.01. The Morgan fingerprint density at radius 3 is 2.82 bits per heavy atom. The van der Waals surface area contributed by atoms with Crippen molar-refractivity contribution in [3.63, 3.8) is 0 Å². The van der Waals surface area contributed by atoms with Crippen molar-refractivity contribution in [2.24, 2.45) is 23.7 Å². The number of benzene rings is 1. The van der Waals surface area contributed by atoms with E-state index in [4.69, 9.17) is 9.84 Å². The molecule has 0 heterocycles. The van der Waals surface area contributed by atoms with Crippen LogP contribution in [0.1, 0.15) is 69.9 Å². The molecule has 28 heavy (non-hydrogen) atoms. The third kappa shape index (κ3) is 5.08. The molecule has 0 bridgehead atoms. The second-order valence-electron chi connectivity index (χ2n) is 9.01. The molecule has 0 aliphatic heterocycles. The number of carbonyl (C=O) groups is 1. The first kappa shape index (κ1) is 21.2. The minimum Gasteiger partial charge on any atom is -0.482 e. The summed E-state index contributed by atoms with van der Waals surface area (Å²) in [6, 6.07) is 6.07. The number of hydrogen-bond donors (Lipinski definition) is 2.